The quantitative estimate of drug-likeness (QED) is 0.328. The molecule has 0 amide bonds. The first kappa shape index (κ1) is 21.9. The van der Waals surface area contributed by atoms with E-state index in [0.717, 1.165) is 19.6 Å². The van der Waals surface area contributed by atoms with Crippen LogP contribution in [0.3, 0.4) is 0 Å². The van der Waals surface area contributed by atoms with Gasteiger partial charge in [-0.15, -0.1) is 0 Å². The second-order valence-electron chi connectivity index (χ2n) is 7.28. The van der Waals surface area contributed by atoms with Crippen LogP contribution in [0, 0.1) is 15.5 Å². The third-order valence-electron chi connectivity index (χ3n) is 4.37. The maximum atomic E-state index is 12.3. The molecule has 0 saturated heterocycles. The number of nitro benzene ring substituents is 1. The average molecular weight is 409 g/mol. The first-order valence-corrected chi connectivity index (χ1v) is 9.48. The van der Waals surface area contributed by atoms with Crippen molar-refractivity contribution in [1.29, 1.82) is 0 Å². The van der Waals surface area contributed by atoms with E-state index in [1.165, 1.54) is 30.3 Å². The Balaban J connectivity index is 2.10. The molecular weight excluding hydrogens is 384 g/mol. The number of esters is 1. The van der Waals surface area contributed by atoms with Crippen molar-refractivity contribution in [3.05, 3.63) is 51.2 Å². The molecule has 0 saturated carbocycles. The number of carbonyl (C=O) groups is 1. The van der Waals surface area contributed by atoms with Crippen molar-refractivity contribution in [2.75, 3.05) is 26.2 Å². The van der Waals surface area contributed by atoms with Gasteiger partial charge in [-0.25, -0.2) is 4.79 Å². The fraction of sp³-hybridized carbons (Fsp3) is 0.450. The van der Waals surface area contributed by atoms with Crippen LogP contribution in [-0.4, -0.2) is 42.0 Å². The van der Waals surface area contributed by atoms with Crippen LogP contribution in [0.25, 0.3) is 11.3 Å². The highest BCUT2D eigenvalue weighted by Gasteiger charge is 2.25. The predicted octanol–water partition coefficient (Wildman–Crippen LogP) is 5.03. The fourth-order valence-corrected chi connectivity index (χ4v) is 3.05. The highest BCUT2D eigenvalue weighted by Crippen LogP contribution is 2.33. The summed E-state index contributed by atoms with van der Waals surface area (Å²) in [6.45, 7) is 11.1. The lowest BCUT2D eigenvalue weighted by atomic mass is 9.94. The molecule has 28 heavy (non-hydrogen) atoms. The Morgan fingerprint density at radius 2 is 1.93 bits per heavy atom. The molecule has 0 spiro atoms. The van der Waals surface area contributed by atoms with E-state index in [-0.39, 0.29) is 39.8 Å². The fourth-order valence-electron chi connectivity index (χ4n) is 2.89. The van der Waals surface area contributed by atoms with E-state index in [1.54, 1.807) is 0 Å². The maximum absolute atomic E-state index is 12.3. The molecular formula is C20H25ClN2O5. The van der Waals surface area contributed by atoms with Gasteiger partial charge in [0.25, 0.3) is 5.69 Å². The van der Waals surface area contributed by atoms with E-state index in [9.17, 15) is 14.9 Å². The number of furan rings is 1. The van der Waals surface area contributed by atoms with Crippen molar-refractivity contribution in [2.45, 2.75) is 27.7 Å². The zero-order chi connectivity index (χ0) is 20.9. The van der Waals surface area contributed by atoms with Crippen molar-refractivity contribution in [1.82, 2.24) is 4.90 Å². The Hall–Kier alpha value is -2.38. The third kappa shape index (κ3) is 5.56. The van der Waals surface area contributed by atoms with Gasteiger partial charge in [-0.2, -0.15) is 0 Å². The summed E-state index contributed by atoms with van der Waals surface area (Å²) in [6.07, 6.45) is 0. The van der Waals surface area contributed by atoms with E-state index in [4.69, 9.17) is 20.8 Å². The lowest BCUT2D eigenvalue weighted by molar-refractivity contribution is -0.384. The number of hydrogen-bond donors (Lipinski definition) is 0. The zero-order valence-electron chi connectivity index (χ0n) is 16.5. The number of halogens is 1. The van der Waals surface area contributed by atoms with Gasteiger partial charge in [0.1, 0.15) is 5.76 Å². The SMILES string of the molecule is CCN(CC)CC(C)(C)COC(=O)c1ccc(-c2ccc(Cl)cc2[N+](=O)[O-])o1. The molecule has 1 aromatic carbocycles. The molecule has 0 unspecified atom stereocenters. The average Bonchev–Trinajstić information content (AvgIpc) is 3.14. The van der Waals surface area contributed by atoms with E-state index in [2.05, 4.69) is 18.7 Å². The van der Waals surface area contributed by atoms with Crippen molar-refractivity contribution in [3.63, 3.8) is 0 Å². The summed E-state index contributed by atoms with van der Waals surface area (Å²) in [7, 11) is 0. The predicted molar refractivity (Wildman–Crippen MR) is 108 cm³/mol. The van der Waals surface area contributed by atoms with Gasteiger partial charge in [0.2, 0.25) is 5.76 Å². The zero-order valence-corrected chi connectivity index (χ0v) is 17.3. The highest BCUT2D eigenvalue weighted by atomic mass is 35.5. The molecule has 8 heteroatoms. The summed E-state index contributed by atoms with van der Waals surface area (Å²) in [5, 5.41) is 11.5. The number of hydrogen-bond acceptors (Lipinski definition) is 6. The number of rotatable bonds is 9. The molecule has 0 aliphatic rings. The molecule has 152 valence electrons. The molecule has 0 aliphatic heterocycles. The normalized spacial score (nSPS) is 11.6. The monoisotopic (exact) mass is 408 g/mol. The van der Waals surface area contributed by atoms with Gasteiger partial charge in [0.05, 0.1) is 17.1 Å². The van der Waals surface area contributed by atoms with Gasteiger partial charge in [-0.1, -0.05) is 39.3 Å². The molecule has 0 bridgehead atoms. The topological polar surface area (TPSA) is 85.8 Å². The summed E-state index contributed by atoms with van der Waals surface area (Å²) < 4.78 is 10.9. The van der Waals surface area contributed by atoms with Crippen LogP contribution in [0.15, 0.2) is 34.7 Å². The highest BCUT2D eigenvalue weighted by molar-refractivity contribution is 6.30. The second kappa shape index (κ2) is 9.21. The molecule has 0 N–H and O–H groups in total. The van der Waals surface area contributed by atoms with E-state index >= 15 is 0 Å². The van der Waals surface area contributed by atoms with Gasteiger partial charge in [0.15, 0.2) is 0 Å². The summed E-state index contributed by atoms with van der Waals surface area (Å²) in [4.78, 5) is 25.3. The summed E-state index contributed by atoms with van der Waals surface area (Å²) in [6, 6.07) is 7.22. The van der Waals surface area contributed by atoms with Gasteiger partial charge >= 0.3 is 5.97 Å². The number of nitro groups is 1. The Morgan fingerprint density at radius 1 is 1.25 bits per heavy atom. The molecule has 1 heterocycles. The van der Waals surface area contributed by atoms with Crippen molar-refractivity contribution in [3.8, 4) is 11.3 Å². The molecule has 0 radical (unpaired) electrons. The minimum atomic E-state index is -0.601. The molecule has 2 aromatic rings. The Labute approximate surface area is 169 Å². The largest absolute Gasteiger partial charge is 0.459 e. The number of benzene rings is 1. The number of nitrogens with zero attached hydrogens (tertiary/aromatic N) is 2. The number of ether oxygens (including phenoxy) is 1. The Morgan fingerprint density at radius 3 is 2.54 bits per heavy atom. The molecule has 2 rings (SSSR count). The van der Waals surface area contributed by atoms with Gasteiger partial charge in [-0.05, 0) is 37.4 Å². The van der Waals surface area contributed by atoms with Crippen LogP contribution in [0.5, 0.6) is 0 Å². The Bertz CT molecular complexity index is 843. The molecule has 0 aliphatic carbocycles. The van der Waals surface area contributed by atoms with Crippen LogP contribution in [0.1, 0.15) is 38.2 Å². The lowest BCUT2D eigenvalue weighted by Crippen LogP contribution is -2.37. The van der Waals surface area contributed by atoms with Gasteiger partial charge in [0, 0.05) is 23.0 Å². The first-order valence-electron chi connectivity index (χ1n) is 9.10. The lowest BCUT2D eigenvalue weighted by Gasteiger charge is -2.30. The standard InChI is InChI=1S/C20H25ClN2O5/c1-5-22(6-2)12-20(3,4)13-27-19(24)18-10-9-17(28-18)15-8-7-14(21)11-16(15)23(25)26/h7-11H,5-6,12-13H2,1-4H3. The molecule has 0 fully saturated rings. The van der Waals surface area contributed by atoms with Crippen molar-refractivity contribution >= 4 is 23.3 Å². The van der Waals surface area contributed by atoms with E-state index in [1.807, 2.05) is 13.8 Å². The first-order chi connectivity index (χ1) is 13.2. The maximum Gasteiger partial charge on any atom is 0.374 e. The van der Waals surface area contributed by atoms with Crippen LogP contribution < -0.4 is 0 Å². The summed E-state index contributed by atoms with van der Waals surface area (Å²) in [5.41, 5.74) is -0.163. The number of carbonyl (C=O) groups excluding carboxylic acids is 1. The minimum Gasteiger partial charge on any atom is -0.459 e. The van der Waals surface area contributed by atoms with Crippen molar-refractivity contribution < 1.29 is 18.9 Å². The Kier molecular flexibility index (Phi) is 7.21. The van der Waals surface area contributed by atoms with E-state index in [0.29, 0.717) is 0 Å². The molecule has 7 nitrogen and oxygen atoms in total. The van der Waals surface area contributed by atoms with Crippen LogP contribution in [0.4, 0.5) is 5.69 Å². The van der Waals surface area contributed by atoms with Crippen LogP contribution in [-0.2, 0) is 4.74 Å². The van der Waals surface area contributed by atoms with Crippen molar-refractivity contribution in [2.24, 2.45) is 5.41 Å². The molecule has 0 atom stereocenters. The summed E-state index contributed by atoms with van der Waals surface area (Å²) >= 11 is 5.83. The van der Waals surface area contributed by atoms with Gasteiger partial charge < -0.3 is 14.1 Å². The van der Waals surface area contributed by atoms with E-state index < -0.39 is 10.9 Å². The molecule has 1 aromatic heterocycles. The third-order valence-corrected chi connectivity index (χ3v) is 4.60. The second-order valence-corrected chi connectivity index (χ2v) is 7.72. The van der Waals surface area contributed by atoms with Crippen LogP contribution in [0.2, 0.25) is 5.02 Å². The smallest absolute Gasteiger partial charge is 0.374 e. The van der Waals surface area contributed by atoms with Gasteiger partial charge in [-0.3, -0.25) is 10.1 Å². The summed E-state index contributed by atoms with van der Waals surface area (Å²) in [5.74, 6) is -0.397. The minimum absolute atomic E-state index is 0.00196. The van der Waals surface area contributed by atoms with Crippen LogP contribution >= 0.6 is 11.6 Å².